The number of amides is 2. The highest BCUT2D eigenvalue weighted by atomic mass is 19.4. The van der Waals surface area contributed by atoms with Crippen LogP contribution in [0.2, 0.25) is 0 Å². The number of halogens is 3. The van der Waals surface area contributed by atoms with E-state index in [2.05, 4.69) is 20.4 Å². The third-order valence-corrected chi connectivity index (χ3v) is 6.43. The second-order valence-corrected chi connectivity index (χ2v) is 8.90. The molecule has 194 valence electrons. The fourth-order valence-corrected chi connectivity index (χ4v) is 4.40. The molecule has 1 fully saturated rings. The van der Waals surface area contributed by atoms with Gasteiger partial charge in [0.25, 0.3) is 11.8 Å². The van der Waals surface area contributed by atoms with Crippen molar-refractivity contribution in [3.05, 3.63) is 102 Å². The lowest BCUT2D eigenvalue weighted by Crippen LogP contribution is -2.38. The first-order valence-electron chi connectivity index (χ1n) is 12.0. The highest BCUT2D eigenvalue weighted by molar-refractivity contribution is 6.02. The van der Waals surface area contributed by atoms with Gasteiger partial charge >= 0.3 is 6.18 Å². The van der Waals surface area contributed by atoms with Crippen LogP contribution in [0.5, 0.6) is 0 Å². The average Bonchev–Trinajstić information content (AvgIpc) is 3.48. The van der Waals surface area contributed by atoms with E-state index in [1.807, 2.05) is 17.0 Å². The fourth-order valence-electron chi connectivity index (χ4n) is 4.40. The summed E-state index contributed by atoms with van der Waals surface area (Å²) in [6.07, 6.45) is 1.94. The Hall–Kier alpha value is -4.54. The Morgan fingerprint density at radius 2 is 1.71 bits per heavy atom. The van der Waals surface area contributed by atoms with Crippen LogP contribution in [0, 0.1) is 0 Å². The Morgan fingerprint density at radius 1 is 0.947 bits per heavy atom. The molecule has 1 N–H and O–H groups in total. The van der Waals surface area contributed by atoms with Crippen LogP contribution in [0.1, 0.15) is 50.9 Å². The topological polar surface area (TPSA) is 93.0 Å². The van der Waals surface area contributed by atoms with Crippen LogP contribution in [0.25, 0.3) is 5.82 Å². The van der Waals surface area contributed by atoms with Crippen molar-refractivity contribution in [3.8, 4) is 5.82 Å². The number of nitrogens with zero attached hydrogens (tertiary/aromatic N) is 5. The van der Waals surface area contributed by atoms with Crippen LogP contribution >= 0.6 is 0 Å². The molecule has 2 amide bonds. The molecule has 0 spiro atoms. The standard InChI is InChI=1S/C27H23F3N6O2/c28-27(29,30)23-4-1-3-22(34-23)25(37)33-21-8-5-18(6-9-21)19-11-15-35(16-12-19)26(38)20-7-10-24(31-17-20)36-14-2-13-32-36/h1-10,13-14,17,19H,11-12,15-16H2,(H,33,37). The first kappa shape index (κ1) is 25.1. The number of anilines is 1. The van der Waals surface area contributed by atoms with Crippen LogP contribution in [0.15, 0.2) is 79.3 Å². The summed E-state index contributed by atoms with van der Waals surface area (Å²) in [6.45, 7) is 1.20. The van der Waals surface area contributed by atoms with Crippen molar-refractivity contribution in [1.82, 2.24) is 24.6 Å². The maximum Gasteiger partial charge on any atom is 0.433 e. The van der Waals surface area contributed by atoms with Gasteiger partial charge in [-0.25, -0.2) is 14.6 Å². The third kappa shape index (κ3) is 5.56. The third-order valence-electron chi connectivity index (χ3n) is 6.43. The molecule has 11 heteroatoms. The summed E-state index contributed by atoms with van der Waals surface area (Å²) >= 11 is 0. The number of rotatable bonds is 5. The molecule has 4 heterocycles. The van der Waals surface area contributed by atoms with E-state index in [0.717, 1.165) is 30.5 Å². The molecular formula is C27H23F3N6O2. The van der Waals surface area contributed by atoms with Gasteiger partial charge in [-0.2, -0.15) is 18.3 Å². The number of likely N-dealkylation sites (tertiary alicyclic amines) is 1. The van der Waals surface area contributed by atoms with E-state index < -0.39 is 17.8 Å². The number of hydrogen-bond acceptors (Lipinski definition) is 5. The summed E-state index contributed by atoms with van der Waals surface area (Å²) in [5.74, 6) is 0.0947. The van der Waals surface area contributed by atoms with Crippen molar-refractivity contribution in [3.63, 3.8) is 0 Å². The minimum absolute atomic E-state index is 0.0655. The van der Waals surface area contributed by atoms with Gasteiger partial charge in [-0.1, -0.05) is 18.2 Å². The van der Waals surface area contributed by atoms with E-state index in [4.69, 9.17) is 0 Å². The lowest BCUT2D eigenvalue weighted by Gasteiger charge is -2.32. The van der Waals surface area contributed by atoms with Gasteiger partial charge in [0.15, 0.2) is 5.82 Å². The smallest absolute Gasteiger partial charge is 0.339 e. The quantitative estimate of drug-likeness (QED) is 0.402. The van der Waals surface area contributed by atoms with E-state index in [9.17, 15) is 22.8 Å². The fraction of sp³-hybridized carbons (Fsp3) is 0.222. The van der Waals surface area contributed by atoms with E-state index in [0.29, 0.717) is 30.2 Å². The summed E-state index contributed by atoms with van der Waals surface area (Å²) in [6, 6.07) is 15.7. The molecule has 1 aliphatic rings. The molecule has 0 saturated carbocycles. The van der Waals surface area contributed by atoms with Crippen molar-refractivity contribution in [2.24, 2.45) is 0 Å². The maximum absolute atomic E-state index is 12.9. The monoisotopic (exact) mass is 520 g/mol. The first-order chi connectivity index (χ1) is 18.3. The van der Waals surface area contributed by atoms with Crippen molar-refractivity contribution < 1.29 is 22.8 Å². The molecular weight excluding hydrogens is 497 g/mol. The number of alkyl halides is 3. The summed E-state index contributed by atoms with van der Waals surface area (Å²) in [7, 11) is 0. The number of nitrogens with one attached hydrogen (secondary N) is 1. The van der Waals surface area contributed by atoms with Gasteiger partial charge < -0.3 is 10.2 Å². The number of benzene rings is 1. The Labute approximate surface area is 216 Å². The van der Waals surface area contributed by atoms with Gasteiger partial charge in [-0.05, 0) is 66.8 Å². The second-order valence-electron chi connectivity index (χ2n) is 8.90. The van der Waals surface area contributed by atoms with Crippen LogP contribution in [-0.4, -0.2) is 49.6 Å². The molecule has 0 unspecified atom stereocenters. The molecule has 0 atom stereocenters. The van der Waals surface area contributed by atoms with Crippen molar-refractivity contribution in [2.75, 3.05) is 18.4 Å². The number of hydrogen-bond donors (Lipinski definition) is 1. The molecule has 5 rings (SSSR count). The Kier molecular flexibility index (Phi) is 6.91. The molecule has 0 radical (unpaired) electrons. The Morgan fingerprint density at radius 3 is 2.34 bits per heavy atom. The number of carbonyl (C=O) groups excluding carboxylic acids is 2. The van der Waals surface area contributed by atoms with Crippen LogP contribution in [0.3, 0.4) is 0 Å². The van der Waals surface area contributed by atoms with E-state index >= 15 is 0 Å². The molecule has 1 aliphatic heterocycles. The van der Waals surface area contributed by atoms with Gasteiger partial charge in [0.2, 0.25) is 0 Å². The summed E-state index contributed by atoms with van der Waals surface area (Å²) < 4.78 is 40.2. The minimum atomic E-state index is -4.62. The van der Waals surface area contributed by atoms with Crippen LogP contribution < -0.4 is 5.32 Å². The summed E-state index contributed by atoms with van der Waals surface area (Å²) in [4.78, 5) is 34.9. The lowest BCUT2D eigenvalue weighted by atomic mass is 9.89. The summed E-state index contributed by atoms with van der Waals surface area (Å²) in [5, 5.41) is 6.72. The average molecular weight is 521 g/mol. The van der Waals surface area contributed by atoms with Crippen molar-refractivity contribution >= 4 is 17.5 Å². The molecule has 0 aliphatic carbocycles. The molecule has 3 aromatic heterocycles. The molecule has 38 heavy (non-hydrogen) atoms. The number of carbonyl (C=O) groups is 2. The maximum atomic E-state index is 12.9. The predicted octanol–water partition coefficient (Wildman–Crippen LogP) is 4.95. The Balaban J connectivity index is 1.15. The second kappa shape index (κ2) is 10.4. The zero-order chi connectivity index (χ0) is 26.7. The van der Waals surface area contributed by atoms with Gasteiger partial charge in [-0.15, -0.1) is 0 Å². The molecule has 1 aromatic carbocycles. The highest BCUT2D eigenvalue weighted by Gasteiger charge is 2.33. The van der Waals surface area contributed by atoms with Gasteiger partial charge in [0.05, 0.1) is 5.56 Å². The van der Waals surface area contributed by atoms with Crippen LogP contribution in [0.4, 0.5) is 18.9 Å². The largest absolute Gasteiger partial charge is 0.433 e. The van der Waals surface area contributed by atoms with Crippen LogP contribution in [-0.2, 0) is 6.18 Å². The molecule has 0 bridgehead atoms. The Bertz CT molecular complexity index is 1410. The molecule has 1 saturated heterocycles. The van der Waals surface area contributed by atoms with E-state index in [1.54, 1.807) is 53.6 Å². The number of piperidine rings is 1. The zero-order valence-electron chi connectivity index (χ0n) is 20.1. The SMILES string of the molecule is O=C(Nc1ccc(C2CCN(C(=O)c3ccc(-n4cccn4)nc3)CC2)cc1)c1cccc(C(F)(F)F)n1. The summed E-state index contributed by atoms with van der Waals surface area (Å²) in [5.41, 5.74) is 0.615. The highest BCUT2D eigenvalue weighted by Crippen LogP contribution is 2.30. The van der Waals surface area contributed by atoms with E-state index in [-0.39, 0.29) is 17.5 Å². The number of pyridine rings is 2. The van der Waals surface area contributed by atoms with Gasteiger partial charge in [0.1, 0.15) is 11.4 Å². The first-order valence-corrected chi connectivity index (χ1v) is 12.0. The van der Waals surface area contributed by atoms with Gasteiger partial charge in [0, 0.05) is 37.4 Å². The molecule has 8 nitrogen and oxygen atoms in total. The van der Waals surface area contributed by atoms with Gasteiger partial charge in [-0.3, -0.25) is 9.59 Å². The molecule has 4 aromatic rings. The lowest BCUT2D eigenvalue weighted by molar-refractivity contribution is -0.141. The normalized spacial score (nSPS) is 14.3. The van der Waals surface area contributed by atoms with E-state index in [1.165, 1.54) is 6.07 Å². The van der Waals surface area contributed by atoms with Crippen molar-refractivity contribution in [1.29, 1.82) is 0 Å². The zero-order valence-corrected chi connectivity index (χ0v) is 20.1. The van der Waals surface area contributed by atoms with Crippen molar-refractivity contribution in [2.45, 2.75) is 24.9 Å². The minimum Gasteiger partial charge on any atom is -0.339 e. The predicted molar refractivity (Wildman–Crippen MR) is 133 cm³/mol. The number of aromatic nitrogens is 4.